The third kappa shape index (κ3) is 3.46. The minimum Gasteiger partial charge on any atom is -0.348 e. The smallest absolute Gasteiger partial charge is 0.325 e. The van der Waals surface area contributed by atoms with Gasteiger partial charge in [0.1, 0.15) is 12.1 Å². The number of hydrogen-bond acceptors (Lipinski definition) is 3. The van der Waals surface area contributed by atoms with E-state index in [0.717, 1.165) is 23.3 Å². The van der Waals surface area contributed by atoms with E-state index in [4.69, 9.17) is 23.2 Å². The molecule has 0 bridgehead atoms. The van der Waals surface area contributed by atoms with Crippen molar-refractivity contribution in [2.45, 2.75) is 44.2 Å². The van der Waals surface area contributed by atoms with Crippen LogP contribution in [0.4, 0.5) is 4.79 Å². The molecule has 25 heavy (non-hydrogen) atoms. The third-order valence-corrected chi connectivity index (χ3v) is 5.56. The van der Waals surface area contributed by atoms with Gasteiger partial charge < -0.3 is 10.6 Å². The number of nitrogens with one attached hydrogen (secondary N) is 2. The van der Waals surface area contributed by atoms with Gasteiger partial charge in [-0.15, -0.1) is 0 Å². The summed E-state index contributed by atoms with van der Waals surface area (Å²) in [4.78, 5) is 37.9. The molecule has 1 atom stereocenters. The Balaban J connectivity index is 1.63. The van der Waals surface area contributed by atoms with Gasteiger partial charge in [-0.2, -0.15) is 0 Å². The summed E-state index contributed by atoms with van der Waals surface area (Å²) < 4.78 is 0. The highest BCUT2D eigenvalue weighted by atomic mass is 35.5. The average molecular weight is 384 g/mol. The van der Waals surface area contributed by atoms with Crippen LogP contribution in [0.2, 0.25) is 10.0 Å². The first-order valence-electron chi connectivity index (χ1n) is 8.21. The lowest BCUT2D eigenvalue weighted by Crippen LogP contribution is -2.45. The quantitative estimate of drug-likeness (QED) is 0.784. The van der Waals surface area contributed by atoms with Gasteiger partial charge in [-0.05, 0) is 37.5 Å². The van der Waals surface area contributed by atoms with Crippen molar-refractivity contribution in [3.8, 4) is 0 Å². The molecule has 8 heteroatoms. The number of imide groups is 1. The third-order valence-electron chi connectivity index (χ3n) is 4.83. The van der Waals surface area contributed by atoms with E-state index in [1.807, 2.05) is 0 Å². The number of carbonyl (C=O) groups excluding carboxylic acids is 3. The SMILES string of the molecule is CC(NC(=O)CN1C(=O)NC2(CCCC2)C1=O)c1ccc(Cl)c(Cl)c1. The summed E-state index contributed by atoms with van der Waals surface area (Å²) in [7, 11) is 0. The number of halogens is 2. The summed E-state index contributed by atoms with van der Waals surface area (Å²) in [5.41, 5.74) is -0.0145. The molecule has 1 saturated heterocycles. The number of rotatable bonds is 4. The zero-order chi connectivity index (χ0) is 18.2. The van der Waals surface area contributed by atoms with Gasteiger partial charge in [0.05, 0.1) is 16.1 Å². The predicted molar refractivity (Wildman–Crippen MR) is 94.5 cm³/mol. The molecule has 1 aromatic carbocycles. The molecule has 1 aromatic rings. The van der Waals surface area contributed by atoms with Crippen LogP contribution in [-0.2, 0) is 9.59 Å². The van der Waals surface area contributed by atoms with Crippen molar-refractivity contribution in [1.82, 2.24) is 15.5 Å². The van der Waals surface area contributed by atoms with Gasteiger partial charge in [0.2, 0.25) is 5.91 Å². The average Bonchev–Trinajstić information content (AvgIpc) is 3.11. The number of carbonyl (C=O) groups is 3. The van der Waals surface area contributed by atoms with E-state index < -0.39 is 17.5 Å². The van der Waals surface area contributed by atoms with E-state index >= 15 is 0 Å². The maximum atomic E-state index is 12.5. The second kappa shape index (κ2) is 6.84. The van der Waals surface area contributed by atoms with Crippen LogP contribution < -0.4 is 10.6 Å². The molecule has 3 rings (SSSR count). The molecular weight excluding hydrogens is 365 g/mol. The van der Waals surface area contributed by atoms with Crippen LogP contribution in [0.25, 0.3) is 0 Å². The molecule has 0 radical (unpaired) electrons. The van der Waals surface area contributed by atoms with E-state index in [-0.39, 0.29) is 18.5 Å². The van der Waals surface area contributed by atoms with Crippen molar-refractivity contribution in [2.75, 3.05) is 6.54 Å². The summed E-state index contributed by atoms with van der Waals surface area (Å²) in [6.07, 6.45) is 3.07. The molecule has 6 nitrogen and oxygen atoms in total. The molecule has 2 fully saturated rings. The Hall–Kier alpha value is -1.79. The molecule has 0 aromatic heterocycles. The van der Waals surface area contributed by atoms with Crippen molar-refractivity contribution in [3.05, 3.63) is 33.8 Å². The van der Waals surface area contributed by atoms with Crippen molar-refractivity contribution < 1.29 is 14.4 Å². The molecule has 1 saturated carbocycles. The van der Waals surface area contributed by atoms with Crippen molar-refractivity contribution in [2.24, 2.45) is 0 Å². The Bertz CT molecular complexity index is 732. The topological polar surface area (TPSA) is 78.5 Å². The van der Waals surface area contributed by atoms with Gasteiger partial charge in [0.15, 0.2) is 0 Å². The normalized spacial score (nSPS) is 20.0. The number of benzene rings is 1. The van der Waals surface area contributed by atoms with Crippen molar-refractivity contribution in [3.63, 3.8) is 0 Å². The maximum absolute atomic E-state index is 12.5. The lowest BCUT2D eigenvalue weighted by molar-refractivity contribution is -0.135. The highest BCUT2D eigenvalue weighted by Crippen LogP contribution is 2.35. The predicted octanol–water partition coefficient (Wildman–Crippen LogP) is 3.04. The lowest BCUT2D eigenvalue weighted by atomic mass is 9.98. The van der Waals surface area contributed by atoms with Gasteiger partial charge >= 0.3 is 6.03 Å². The van der Waals surface area contributed by atoms with Crippen LogP contribution in [0.15, 0.2) is 18.2 Å². The first-order valence-corrected chi connectivity index (χ1v) is 8.96. The van der Waals surface area contributed by atoms with Gasteiger partial charge in [-0.3, -0.25) is 14.5 Å². The Morgan fingerprint density at radius 1 is 1.28 bits per heavy atom. The monoisotopic (exact) mass is 383 g/mol. The van der Waals surface area contributed by atoms with E-state index in [2.05, 4.69) is 10.6 Å². The fraction of sp³-hybridized carbons (Fsp3) is 0.471. The number of hydrogen-bond donors (Lipinski definition) is 2. The minimum absolute atomic E-state index is 0.294. The first kappa shape index (κ1) is 18.0. The summed E-state index contributed by atoms with van der Waals surface area (Å²) in [5, 5.41) is 6.37. The minimum atomic E-state index is -0.799. The summed E-state index contributed by atoms with van der Waals surface area (Å²) in [6.45, 7) is 1.50. The Labute approximate surface area is 155 Å². The van der Waals surface area contributed by atoms with Crippen LogP contribution in [0.3, 0.4) is 0 Å². The highest BCUT2D eigenvalue weighted by molar-refractivity contribution is 6.42. The standard InChI is InChI=1S/C17H19Cl2N3O3/c1-10(11-4-5-12(18)13(19)8-11)20-14(23)9-22-15(24)17(21-16(22)25)6-2-3-7-17/h4-5,8,10H,2-3,6-7,9H2,1H3,(H,20,23)(H,21,25). The Morgan fingerprint density at radius 2 is 1.96 bits per heavy atom. The second-order valence-corrected chi connectivity index (χ2v) is 7.39. The first-order chi connectivity index (χ1) is 11.8. The van der Waals surface area contributed by atoms with E-state index in [9.17, 15) is 14.4 Å². The van der Waals surface area contributed by atoms with E-state index in [1.54, 1.807) is 25.1 Å². The lowest BCUT2D eigenvalue weighted by Gasteiger charge is -2.20. The second-order valence-electron chi connectivity index (χ2n) is 6.57. The molecule has 2 N–H and O–H groups in total. The van der Waals surface area contributed by atoms with Crippen LogP contribution in [0.1, 0.15) is 44.2 Å². The van der Waals surface area contributed by atoms with Gasteiger partial charge in [-0.1, -0.05) is 42.1 Å². The van der Waals surface area contributed by atoms with Crippen molar-refractivity contribution in [1.29, 1.82) is 0 Å². The molecule has 134 valence electrons. The maximum Gasteiger partial charge on any atom is 0.325 e. The van der Waals surface area contributed by atoms with Crippen LogP contribution in [-0.4, -0.2) is 34.8 Å². The van der Waals surface area contributed by atoms with E-state index in [0.29, 0.717) is 22.9 Å². The molecule has 2 aliphatic rings. The van der Waals surface area contributed by atoms with Crippen LogP contribution >= 0.6 is 23.2 Å². The fourth-order valence-corrected chi connectivity index (χ4v) is 3.74. The largest absolute Gasteiger partial charge is 0.348 e. The van der Waals surface area contributed by atoms with E-state index in [1.165, 1.54) is 0 Å². The molecule has 1 aliphatic carbocycles. The number of nitrogens with zero attached hydrogens (tertiary/aromatic N) is 1. The highest BCUT2D eigenvalue weighted by Gasteiger charge is 2.52. The molecule has 1 spiro atoms. The van der Waals surface area contributed by atoms with Crippen LogP contribution in [0.5, 0.6) is 0 Å². The van der Waals surface area contributed by atoms with Crippen molar-refractivity contribution >= 4 is 41.0 Å². The Kier molecular flexibility index (Phi) is 4.93. The molecule has 1 aliphatic heterocycles. The molecule has 4 amide bonds. The van der Waals surface area contributed by atoms with Gasteiger partial charge in [0, 0.05) is 0 Å². The van der Waals surface area contributed by atoms with Gasteiger partial charge in [0.25, 0.3) is 5.91 Å². The number of amides is 4. The fourth-order valence-electron chi connectivity index (χ4n) is 3.43. The summed E-state index contributed by atoms with van der Waals surface area (Å²) >= 11 is 11.9. The summed E-state index contributed by atoms with van der Waals surface area (Å²) in [5.74, 6) is -0.704. The zero-order valence-corrected chi connectivity index (χ0v) is 15.3. The van der Waals surface area contributed by atoms with Gasteiger partial charge in [-0.25, -0.2) is 4.79 Å². The Morgan fingerprint density at radius 3 is 2.60 bits per heavy atom. The molecular formula is C17H19Cl2N3O3. The van der Waals surface area contributed by atoms with Crippen LogP contribution in [0, 0.1) is 0 Å². The molecule has 1 unspecified atom stereocenters. The number of urea groups is 1. The molecule has 1 heterocycles. The zero-order valence-electron chi connectivity index (χ0n) is 13.8. The summed E-state index contributed by atoms with van der Waals surface area (Å²) in [6, 6.07) is 4.27.